The lowest BCUT2D eigenvalue weighted by molar-refractivity contribution is 0.139. The molecule has 0 bridgehead atoms. The van der Waals surface area contributed by atoms with Gasteiger partial charge in [-0.2, -0.15) is 0 Å². The highest BCUT2D eigenvalue weighted by atomic mass is 16.5. The first-order chi connectivity index (χ1) is 3.91. The van der Waals surface area contributed by atoms with Gasteiger partial charge in [0.15, 0.2) is 0 Å². The van der Waals surface area contributed by atoms with Gasteiger partial charge in [-0.05, 0) is 6.42 Å². The average molecular weight is 116 g/mol. The minimum atomic E-state index is 0.205. The maximum atomic E-state index is 8.26. The lowest BCUT2D eigenvalue weighted by atomic mass is 10.5. The van der Waals surface area contributed by atoms with Crippen molar-refractivity contribution in [2.24, 2.45) is 0 Å². The summed E-state index contributed by atoms with van der Waals surface area (Å²) in [5, 5.41) is 8.26. The second kappa shape index (κ2) is 6.66. The van der Waals surface area contributed by atoms with E-state index in [-0.39, 0.29) is 6.61 Å². The molecule has 2 heteroatoms. The largest absolute Gasteiger partial charge is 0.396 e. The van der Waals surface area contributed by atoms with Crippen LogP contribution in [-0.2, 0) is 4.74 Å². The van der Waals surface area contributed by atoms with Crippen LogP contribution in [0.4, 0.5) is 0 Å². The third-order valence-electron chi connectivity index (χ3n) is 0.682. The minimum absolute atomic E-state index is 0.205. The normalized spacial score (nSPS) is 9.12. The SMILES string of the molecule is C=CCOCCCO. The Morgan fingerprint density at radius 3 is 2.88 bits per heavy atom. The average Bonchev–Trinajstić information content (AvgIpc) is 1.81. The topological polar surface area (TPSA) is 29.5 Å². The fourth-order valence-electron chi connectivity index (χ4n) is 0.333. The standard InChI is InChI=1S/C6H12O2/c1-2-5-8-6-3-4-7/h2,7H,1,3-6H2. The Hall–Kier alpha value is -0.340. The first-order valence-electron chi connectivity index (χ1n) is 2.71. The van der Waals surface area contributed by atoms with Crippen molar-refractivity contribution in [3.05, 3.63) is 12.7 Å². The van der Waals surface area contributed by atoms with E-state index in [4.69, 9.17) is 9.84 Å². The third kappa shape index (κ3) is 5.66. The van der Waals surface area contributed by atoms with Crippen molar-refractivity contribution < 1.29 is 9.84 Å². The fraction of sp³-hybridized carbons (Fsp3) is 0.667. The van der Waals surface area contributed by atoms with E-state index in [9.17, 15) is 0 Å². The van der Waals surface area contributed by atoms with Crippen LogP contribution >= 0.6 is 0 Å². The molecule has 0 aromatic rings. The molecule has 0 aromatic heterocycles. The van der Waals surface area contributed by atoms with Crippen molar-refractivity contribution in [3.8, 4) is 0 Å². The lowest BCUT2D eigenvalue weighted by Gasteiger charge is -1.95. The second-order valence-corrected chi connectivity index (χ2v) is 1.44. The molecule has 0 radical (unpaired) electrons. The van der Waals surface area contributed by atoms with Crippen LogP contribution in [0.25, 0.3) is 0 Å². The van der Waals surface area contributed by atoms with Gasteiger partial charge in [0.2, 0.25) is 0 Å². The van der Waals surface area contributed by atoms with E-state index < -0.39 is 0 Å². The van der Waals surface area contributed by atoms with E-state index in [1.807, 2.05) is 0 Å². The molecule has 0 aliphatic heterocycles. The van der Waals surface area contributed by atoms with Gasteiger partial charge in [0.1, 0.15) is 0 Å². The van der Waals surface area contributed by atoms with E-state index in [0.29, 0.717) is 19.6 Å². The second-order valence-electron chi connectivity index (χ2n) is 1.44. The molecule has 0 spiro atoms. The molecule has 0 amide bonds. The van der Waals surface area contributed by atoms with Crippen LogP contribution in [0.15, 0.2) is 12.7 Å². The number of hydrogen-bond acceptors (Lipinski definition) is 2. The molecule has 8 heavy (non-hydrogen) atoms. The predicted molar refractivity (Wildman–Crippen MR) is 32.7 cm³/mol. The Kier molecular flexibility index (Phi) is 6.38. The van der Waals surface area contributed by atoms with Gasteiger partial charge in [-0.15, -0.1) is 6.58 Å². The molecule has 0 aliphatic rings. The van der Waals surface area contributed by atoms with Gasteiger partial charge in [0.25, 0.3) is 0 Å². The highest BCUT2D eigenvalue weighted by Gasteiger charge is 1.80. The first kappa shape index (κ1) is 7.66. The quantitative estimate of drug-likeness (QED) is 0.420. The van der Waals surface area contributed by atoms with Crippen LogP contribution < -0.4 is 0 Å². The van der Waals surface area contributed by atoms with E-state index in [1.54, 1.807) is 6.08 Å². The molecule has 2 nitrogen and oxygen atoms in total. The third-order valence-corrected chi connectivity index (χ3v) is 0.682. The van der Waals surface area contributed by atoms with Crippen LogP contribution in [0, 0.1) is 0 Å². The van der Waals surface area contributed by atoms with Gasteiger partial charge in [-0.3, -0.25) is 0 Å². The maximum Gasteiger partial charge on any atom is 0.0644 e. The number of hydrogen-bond donors (Lipinski definition) is 1. The number of aliphatic hydroxyl groups is 1. The molecule has 0 unspecified atom stereocenters. The van der Waals surface area contributed by atoms with E-state index in [1.165, 1.54) is 0 Å². The van der Waals surface area contributed by atoms with Crippen molar-refractivity contribution in [3.63, 3.8) is 0 Å². The zero-order valence-corrected chi connectivity index (χ0v) is 4.97. The molecule has 48 valence electrons. The van der Waals surface area contributed by atoms with Gasteiger partial charge in [0.05, 0.1) is 6.61 Å². The summed E-state index contributed by atoms with van der Waals surface area (Å²) in [6, 6.07) is 0. The molecule has 0 aromatic carbocycles. The van der Waals surface area contributed by atoms with E-state index in [0.717, 1.165) is 0 Å². The Bertz CT molecular complexity index is 52.5. The number of aliphatic hydroxyl groups excluding tert-OH is 1. The number of ether oxygens (including phenoxy) is 1. The summed E-state index contributed by atoms with van der Waals surface area (Å²) in [5.41, 5.74) is 0. The first-order valence-corrected chi connectivity index (χ1v) is 2.71. The summed E-state index contributed by atoms with van der Waals surface area (Å²) in [6.45, 7) is 4.89. The molecule has 0 aliphatic carbocycles. The summed E-state index contributed by atoms with van der Waals surface area (Å²) < 4.78 is 4.95. The highest BCUT2D eigenvalue weighted by molar-refractivity contribution is 4.63. The fourth-order valence-corrected chi connectivity index (χ4v) is 0.333. The molecule has 0 atom stereocenters. The Morgan fingerprint density at radius 2 is 2.38 bits per heavy atom. The monoisotopic (exact) mass is 116 g/mol. The van der Waals surface area contributed by atoms with Gasteiger partial charge < -0.3 is 9.84 Å². The molecule has 0 fully saturated rings. The molecule has 0 saturated carbocycles. The van der Waals surface area contributed by atoms with Crippen molar-refractivity contribution in [2.75, 3.05) is 19.8 Å². The summed E-state index contributed by atoms with van der Waals surface area (Å²) in [5.74, 6) is 0. The zero-order chi connectivity index (χ0) is 6.24. The summed E-state index contributed by atoms with van der Waals surface area (Å²) >= 11 is 0. The van der Waals surface area contributed by atoms with Gasteiger partial charge in [0, 0.05) is 13.2 Å². The minimum Gasteiger partial charge on any atom is -0.396 e. The Labute approximate surface area is 49.8 Å². The lowest BCUT2D eigenvalue weighted by Crippen LogP contribution is -1.95. The molecule has 0 saturated heterocycles. The van der Waals surface area contributed by atoms with Crippen LogP contribution in [-0.4, -0.2) is 24.9 Å². The molecule has 0 heterocycles. The Balaban J connectivity index is 2.62. The maximum absolute atomic E-state index is 8.26. The van der Waals surface area contributed by atoms with E-state index >= 15 is 0 Å². The highest BCUT2D eigenvalue weighted by Crippen LogP contribution is 1.79. The summed E-state index contributed by atoms with van der Waals surface area (Å²) in [4.78, 5) is 0. The van der Waals surface area contributed by atoms with Gasteiger partial charge >= 0.3 is 0 Å². The van der Waals surface area contributed by atoms with Crippen molar-refractivity contribution in [1.82, 2.24) is 0 Å². The Morgan fingerprint density at radius 1 is 1.62 bits per heavy atom. The molecule has 1 N–H and O–H groups in total. The molecular weight excluding hydrogens is 104 g/mol. The van der Waals surface area contributed by atoms with Gasteiger partial charge in [-0.1, -0.05) is 6.08 Å². The van der Waals surface area contributed by atoms with Crippen LogP contribution in [0.5, 0.6) is 0 Å². The molecule has 0 rings (SSSR count). The van der Waals surface area contributed by atoms with Crippen LogP contribution in [0.3, 0.4) is 0 Å². The van der Waals surface area contributed by atoms with Crippen molar-refractivity contribution >= 4 is 0 Å². The smallest absolute Gasteiger partial charge is 0.0644 e. The van der Waals surface area contributed by atoms with Gasteiger partial charge in [-0.25, -0.2) is 0 Å². The van der Waals surface area contributed by atoms with Crippen molar-refractivity contribution in [1.29, 1.82) is 0 Å². The van der Waals surface area contributed by atoms with Crippen LogP contribution in [0.1, 0.15) is 6.42 Å². The summed E-state index contributed by atoms with van der Waals surface area (Å²) in [6.07, 6.45) is 2.41. The zero-order valence-electron chi connectivity index (χ0n) is 4.97. The molecular formula is C6H12O2. The predicted octanol–water partition coefficient (Wildman–Crippen LogP) is 0.571. The van der Waals surface area contributed by atoms with Crippen LogP contribution in [0.2, 0.25) is 0 Å². The van der Waals surface area contributed by atoms with Crippen molar-refractivity contribution in [2.45, 2.75) is 6.42 Å². The number of rotatable bonds is 5. The summed E-state index contributed by atoms with van der Waals surface area (Å²) in [7, 11) is 0. The van der Waals surface area contributed by atoms with E-state index in [2.05, 4.69) is 6.58 Å².